The molecule has 1 saturated carbocycles. The van der Waals surface area contributed by atoms with Crippen LogP contribution in [0.25, 0.3) is 6.08 Å². The van der Waals surface area contributed by atoms with Crippen molar-refractivity contribution >= 4 is 33.9 Å². The Bertz CT molecular complexity index is 584. The molecule has 2 rings (SSSR count). The van der Waals surface area contributed by atoms with Crippen molar-refractivity contribution in [2.45, 2.75) is 31.9 Å². The minimum Gasteiger partial charge on any atom is -0.449 e. The van der Waals surface area contributed by atoms with Crippen LogP contribution in [0.15, 0.2) is 28.7 Å². The van der Waals surface area contributed by atoms with Crippen LogP contribution in [0.2, 0.25) is 0 Å². The Kier molecular flexibility index (Phi) is 5.12. The highest BCUT2D eigenvalue weighted by molar-refractivity contribution is 9.10. The van der Waals surface area contributed by atoms with E-state index in [4.69, 9.17) is 4.74 Å². The number of hydrogen-bond acceptors (Lipinski definition) is 3. The maximum atomic E-state index is 13.5. The first-order chi connectivity index (χ1) is 9.95. The molecular weight excluding hydrogens is 341 g/mol. The molecule has 1 fully saturated rings. The lowest BCUT2D eigenvalue weighted by Crippen LogP contribution is -2.36. The minimum absolute atomic E-state index is 0.213. The lowest BCUT2D eigenvalue weighted by Gasteiger charge is -2.11. The van der Waals surface area contributed by atoms with Crippen molar-refractivity contribution in [1.82, 2.24) is 5.32 Å². The molecule has 1 aromatic rings. The minimum atomic E-state index is -0.866. The van der Waals surface area contributed by atoms with E-state index in [1.54, 1.807) is 12.1 Å². The third-order valence-corrected chi connectivity index (χ3v) is 3.44. The number of carbonyl (C=O) groups is 2. The first-order valence-electron chi connectivity index (χ1n) is 6.60. The normalized spacial score (nSPS) is 15.8. The van der Waals surface area contributed by atoms with Crippen molar-refractivity contribution in [3.63, 3.8) is 0 Å². The van der Waals surface area contributed by atoms with E-state index in [1.165, 1.54) is 19.1 Å². The Hall–Kier alpha value is -1.69. The van der Waals surface area contributed by atoms with E-state index in [1.807, 2.05) is 0 Å². The van der Waals surface area contributed by atoms with Gasteiger partial charge in [-0.2, -0.15) is 0 Å². The zero-order valence-corrected chi connectivity index (χ0v) is 13.0. The summed E-state index contributed by atoms with van der Waals surface area (Å²) in [7, 11) is 0. The molecule has 1 aromatic carbocycles. The van der Waals surface area contributed by atoms with Crippen LogP contribution in [-0.4, -0.2) is 24.0 Å². The fourth-order valence-corrected chi connectivity index (χ4v) is 1.99. The van der Waals surface area contributed by atoms with Gasteiger partial charge in [0.2, 0.25) is 0 Å². The third kappa shape index (κ3) is 4.97. The number of esters is 1. The van der Waals surface area contributed by atoms with Crippen LogP contribution in [0.5, 0.6) is 0 Å². The molecule has 0 heterocycles. The molecule has 4 nitrogen and oxygen atoms in total. The summed E-state index contributed by atoms with van der Waals surface area (Å²) < 4.78 is 19.1. The molecule has 21 heavy (non-hydrogen) atoms. The molecule has 0 bridgehead atoms. The number of hydrogen-bond donors (Lipinski definition) is 1. The molecule has 0 unspecified atom stereocenters. The monoisotopic (exact) mass is 355 g/mol. The average molecular weight is 356 g/mol. The first kappa shape index (κ1) is 15.7. The highest BCUT2D eigenvalue weighted by atomic mass is 79.9. The van der Waals surface area contributed by atoms with Crippen molar-refractivity contribution in [3.8, 4) is 0 Å². The molecule has 0 aromatic heterocycles. The van der Waals surface area contributed by atoms with Gasteiger partial charge in [-0.1, -0.05) is 15.9 Å². The third-order valence-electron chi connectivity index (χ3n) is 2.94. The largest absolute Gasteiger partial charge is 0.449 e. The van der Waals surface area contributed by atoms with Crippen LogP contribution in [-0.2, 0) is 14.3 Å². The summed E-state index contributed by atoms with van der Waals surface area (Å²) in [6.45, 7) is 1.50. The summed E-state index contributed by atoms with van der Waals surface area (Å²) in [5.74, 6) is -1.44. The van der Waals surface area contributed by atoms with Gasteiger partial charge in [0, 0.05) is 22.2 Å². The average Bonchev–Trinajstić information content (AvgIpc) is 3.23. The molecule has 1 amide bonds. The number of amides is 1. The second kappa shape index (κ2) is 6.85. The van der Waals surface area contributed by atoms with E-state index in [9.17, 15) is 14.0 Å². The van der Waals surface area contributed by atoms with Crippen molar-refractivity contribution in [1.29, 1.82) is 0 Å². The number of benzene rings is 1. The second-order valence-electron chi connectivity index (χ2n) is 4.86. The Labute approximate surface area is 130 Å². The summed E-state index contributed by atoms with van der Waals surface area (Å²) in [6, 6.07) is 4.61. The highest BCUT2D eigenvalue weighted by Gasteiger charge is 2.26. The summed E-state index contributed by atoms with van der Waals surface area (Å²) in [5, 5.41) is 2.74. The Morgan fingerprint density at radius 1 is 1.48 bits per heavy atom. The molecule has 1 atom stereocenters. The van der Waals surface area contributed by atoms with Gasteiger partial charge in [-0.05, 0) is 44.0 Å². The van der Waals surface area contributed by atoms with Gasteiger partial charge in [0.1, 0.15) is 5.82 Å². The molecule has 0 saturated heterocycles. The Balaban J connectivity index is 1.89. The molecule has 0 radical (unpaired) electrons. The van der Waals surface area contributed by atoms with Crippen LogP contribution >= 0.6 is 15.9 Å². The van der Waals surface area contributed by atoms with Crippen molar-refractivity contribution in [3.05, 3.63) is 40.1 Å². The molecule has 1 N–H and O–H groups in total. The number of nitrogens with one attached hydrogen (secondary N) is 1. The summed E-state index contributed by atoms with van der Waals surface area (Å²) in [4.78, 5) is 23.2. The van der Waals surface area contributed by atoms with Crippen LogP contribution in [0.1, 0.15) is 25.3 Å². The van der Waals surface area contributed by atoms with Crippen LogP contribution < -0.4 is 5.32 Å². The Morgan fingerprint density at radius 2 is 2.19 bits per heavy atom. The summed E-state index contributed by atoms with van der Waals surface area (Å²) in [5.41, 5.74) is 0.261. The standard InChI is InChI=1S/C15H15BrFNO3/c1-9(15(20)18-12-4-5-12)21-14(19)7-2-10-8-11(16)3-6-13(10)17/h2-3,6-9,12H,4-5H2,1H3,(H,18,20)/b7-2+/t9-/m0/s1. The number of ether oxygens (including phenoxy) is 1. The smallest absolute Gasteiger partial charge is 0.331 e. The van der Waals surface area contributed by atoms with Crippen LogP contribution in [0.4, 0.5) is 4.39 Å². The van der Waals surface area contributed by atoms with Crippen LogP contribution in [0, 0.1) is 5.82 Å². The van der Waals surface area contributed by atoms with Gasteiger partial charge < -0.3 is 10.1 Å². The topological polar surface area (TPSA) is 55.4 Å². The van der Waals surface area contributed by atoms with Gasteiger partial charge in [-0.25, -0.2) is 9.18 Å². The zero-order valence-electron chi connectivity index (χ0n) is 11.4. The Morgan fingerprint density at radius 3 is 2.86 bits per heavy atom. The molecule has 0 aliphatic heterocycles. The molecule has 1 aliphatic carbocycles. The van der Waals surface area contributed by atoms with Crippen LogP contribution in [0.3, 0.4) is 0 Å². The van der Waals surface area contributed by atoms with E-state index < -0.39 is 17.9 Å². The fraction of sp³-hybridized carbons (Fsp3) is 0.333. The van der Waals surface area contributed by atoms with E-state index in [0.29, 0.717) is 4.47 Å². The van der Waals surface area contributed by atoms with E-state index >= 15 is 0 Å². The maximum absolute atomic E-state index is 13.5. The predicted octanol–water partition coefficient (Wildman–Crippen LogP) is 2.81. The summed E-state index contributed by atoms with van der Waals surface area (Å²) >= 11 is 3.22. The first-order valence-corrected chi connectivity index (χ1v) is 7.39. The SMILES string of the molecule is C[C@H](OC(=O)/C=C/c1cc(Br)ccc1F)C(=O)NC1CC1. The lowest BCUT2D eigenvalue weighted by molar-refractivity contribution is -0.150. The molecule has 1 aliphatic rings. The van der Waals surface area contributed by atoms with E-state index in [0.717, 1.165) is 18.9 Å². The predicted molar refractivity (Wildman–Crippen MR) is 79.9 cm³/mol. The van der Waals surface area contributed by atoms with Crippen molar-refractivity contribution in [2.24, 2.45) is 0 Å². The maximum Gasteiger partial charge on any atom is 0.331 e. The quantitative estimate of drug-likeness (QED) is 0.652. The molecule has 6 heteroatoms. The van der Waals surface area contributed by atoms with Crippen molar-refractivity contribution in [2.75, 3.05) is 0 Å². The van der Waals surface area contributed by atoms with Crippen molar-refractivity contribution < 1.29 is 18.7 Å². The van der Waals surface area contributed by atoms with Gasteiger partial charge in [-0.3, -0.25) is 4.79 Å². The number of carbonyl (C=O) groups excluding carboxylic acids is 2. The zero-order chi connectivity index (χ0) is 15.4. The van der Waals surface area contributed by atoms with E-state index in [-0.39, 0.29) is 17.5 Å². The number of halogens is 2. The highest BCUT2D eigenvalue weighted by Crippen LogP contribution is 2.19. The van der Waals surface area contributed by atoms with Gasteiger partial charge in [0.05, 0.1) is 0 Å². The molecular formula is C15H15BrFNO3. The molecule has 0 spiro atoms. The second-order valence-corrected chi connectivity index (χ2v) is 5.78. The summed E-state index contributed by atoms with van der Waals surface area (Å²) in [6.07, 6.45) is 3.48. The van der Waals surface area contributed by atoms with Gasteiger partial charge in [-0.15, -0.1) is 0 Å². The van der Waals surface area contributed by atoms with Gasteiger partial charge >= 0.3 is 5.97 Å². The lowest BCUT2D eigenvalue weighted by atomic mass is 10.2. The fourth-order valence-electron chi connectivity index (χ4n) is 1.61. The molecule has 112 valence electrons. The number of rotatable bonds is 5. The van der Waals surface area contributed by atoms with Gasteiger partial charge in [0.25, 0.3) is 5.91 Å². The van der Waals surface area contributed by atoms with Gasteiger partial charge in [0.15, 0.2) is 6.10 Å². The van der Waals surface area contributed by atoms with E-state index in [2.05, 4.69) is 21.2 Å².